The molecule has 0 saturated heterocycles. The third kappa shape index (κ3) is 5.59. The van der Waals surface area contributed by atoms with Crippen LogP contribution in [0.4, 0.5) is 5.69 Å². The van der Waals surface area contributed by atoms with Gasteiger partial charge in [0.05, 0.1) is 0 Å². The lowest BCUT2D eigenvalue weighted by Gasteiger charge is -2.33. The van der Waals surface area contributed by atoms with Gasteiger partial charge >= 0.3 is 0 Å². The third-order valence-electron chi connectivity index (χ3n) is 8.24. The molecule has 0 bridgehead atoms. The van der Waals surface area contributed by atoms with Crippen molar-refractivity contribution in [3.63, 3.8) is 0 Å². The van der Waals surface area contributed by atoms with Crippen LogP contribution in [0.2, 0.25) is 5.02 Å². The van der Waals surface area contributed by atoms with Gasteiger partial charge in [0.15, 0.2) is 0 Å². The number of amides is 2. The van der Waals surface area contributed by atoms with Crippen LogP contribution >= 0.6 is 11.6 Å². The van der Waals surface area contributed by atoms with Crippen molar-refractivity contribution in [2.24, 2.45) is 12.5 Å². The predicted octanol–water partition coefficient (Wildman–Crippen LogP) is 6.44. The van der Waals surface area contributed by atoms with Crippen LogP contribution in [0.3, 0.4) is 0 Å². The standard InChI is InChI=1S/C30H35ClN4O2/c1-30(17-18-30)26(23-10-6-7-11-24(23)31)27(34-28(36)25-16-19-32-35(25)2)29(37)33-22-14-12-21(13-15-22)20-8-4-3-5-9-20/h6-7,10-16,19-20,26-27H,3-5,8-9,17-18H2,1-2H3,(H,33,37)(H,34,36)/t26-,27-/m0/s1. The van der Waals surface area contributed by atoms with E-state index in [0.29, 0.717) is 16.6 Å². The van der Waals surface area contributed by atoms with E-state index >= 15 is 0 Å². The second-order valence-electron chi connectivity index (χ2n) is 10.9. The normalized spacial score (nSPS) is 18.6. The molecular weight excluding hydrogens is 484 g/mol. The topological polar surface area (TPSA) is 76.0 Å². The summed E-state index contributed by atoms with van der Waals surface area (Å²) in [7, 11) is 1.71. The first-order valence-corrected chi connectivity index (χ1v) is 13.7. The van der Waals surface area contributed by atoms with Crippen LogP contribution in [0.15, 0.2) is 60.8 Å². The zero-order valence-corrected chi connectivity index (χ0v) is 22.3. The summed E-state index contributed by atoms with van der Waals surface area (Å²) in [6.07, 6.45) is 9.84. The number of nitrogens with zero attached hydrogens (tertiary/aromatic N) is 2. The summed E-state index contributed by atoms with van der Waals surface area (Å²) >= 11 is 6.66. The maximum atomic E-state index is 13.9. The Morgan fingerprint density at radius 3 is 2.35 bits per heavy atom. The number of anilines is 1. The van der Waals surface area contributed by atoms with Gasteiger partial charge in [0.2, 0.25) is 5.91 Å². The Morgan fingerprint density at radius 2 is 1.73 bits per heavy atom. The second-order valence-corrected chi connectivity index (χ2v) is 11.3. The highest BCUT2D eigenvalue weighted by Crippen LogP contribution is 2.58. The largest absolute Gasteiger partial charge is 0.338 e. The Labute approximate surface area is 223 Å². The molecule has 2 saturated carbocycles. The smallest absolute Gasteiger partial charge is 0.270 e. The van der Waals surface area contributed by atoms with E-state index in [9.17, 15) is 9.59 Å². The number of aryl methyl sites for hydroxylation is 1. The van der Waals surface area contributed by atoms with Crippen LogP contribution in [0.1, 0.15) is 85.3 Å². The minimum absolute atomic E-state index is 0.141. The molecule has 2 aliphatic rings. The molecule has 1 aromatic heterocycles. The first-order chi connectivity index (χ1) is 17.9. The SMILES string of the molecule is Cn1nccc1C(=O)N[C@H](C(=O)Nc1ccc(C2CCCCC2)cc1)[C@H](c1ccccc1Cl)C1(C)CC1. The molecule has 3 aromatic rings. The molecule has 2 aliphatic carbocycles. The third-order valence-corrected chi connectivity index (χ3v) is 8.58. The number of carbonyl (C=O) groups is 2. The number of aromatic nitrogens is 2. The minimum Gasteiger partial charge on any atom is -0.338 e. The van der Waals surface area contributed by atoms with E-state index < -0.39 is 6.04 Å². The summed E-state index contributed by atoms with van der Waals surface area (Å²) in [5.74, 6) is -0.267. The first-order valence-electron chi connectivity index (χ1n) is 13.3. The maximum Gasteiger partial charge on any atom is 0.270 e. The van der Waals surface area contributed by atoms with E-state index in [1.54, 1.807) is 19.3 Å². The second kappa shape index (κ2) is 10.7. The summed E-state index contributed by atoms with van der Waals surface area (Å²) in [6, 6.07) is 16.7. The van der Waals surface area contributed by atoms with Crippen molar-refractivity contribution >= 4 is 29.1 Å². The van der Waals surface area contributed by atoms with Crippen molar-refractivity contribution in [2.75, 3.05) is 5.32 Å². The fourth-order valence-electron chi connectivity index (χ4n) is 5.80. The average molecular weight is 519 g/mol. The van der Waals surface area contributed by atoms with Gasteiger partial charge in [-0.3, -0.25) is 14.3 Å². The molecule has 7 heteroatoms. The van der Waals surface area contributed by atoms with Gasteiger partial charge in [-0.2, -0.15) is 5.10 Å². The van der Waals surface area contributed by atoms with Crippen molar-refractivity contribution in [3.8, 4) is 0 Å². The van der Waals surface area contributed by atoms with Gasteiger partial charge in [0.1, 0.15) is 11.7 Å². The van der Waals surface area contributed by atoms with E-state index in [4.69, 9.17) is 11.6 Å². The Morgan fingerprint density at radius 1 is 1.03 bits per heavy atom. The summed E-state index contributed by atoms with van der Waals surface area (Å²) in [5.41, 5.74) is 3.19. The van der Waals surface area contributed by atoms with Gasteiger partial charge in [0, 0.05) is 29.9 Å². The van der Waals surface area contributed by atoms with Crippen molar-refractivity contribution in [1.29, 1.82) is 0 Å². The van der Waals surface area contributed by atoms with E-state index in [1.807, 2.05) is 36.4 Å². The van der Waals surface area contributed by atoms with E-state index in [-0.39, 0.29) is 23.1 Å². The van der Waals surface area contributed by atoms with Crippen LogP contribution in [-0.2, 0) is 11.8 Å². The lowest BCUT2D eigenvalue weighted by molar-refractivity contribution is -0.119. The molecule has 194 valence electrons. The van der Waals surface area contributed by atoms with Crippen LogP contribution in [0.5, 0.6) is 0 Å². The molecule has 2 fully saturated rings. The molecule has 5 rings (SSSR count). The molecule has 37 heavy (non-hydrogen) atoms. The fourth-order valence-corrected chi connectivity index (χ4v) is 6.05. The Hall–Kier alpha value is -3.12. The summed E-state index contributed by atoms with van der Waals surface area (Å²) in [6.45, 7) is 2.16. The molecule has 0 spiro atoms. The Balaban J connectivity index is 1.43. The molecule has 2 atom stereocenters. The molecule has 2 N–H and O–H groups in total. The van der Waals surface area contributed by atoms with Gasteiger partial charge in [-0.1, -0.05) is 68.1 Å². The van der Waals surface area contributed by atoms with Crippen molar-refractivity contribution in [2.45, 2.75) is 69.7 Å². The summed E-state index contributed by atoms with van der Waals surface area (Å²) < 4.78 is 1.51. The number of halogens is 1. The highest BCUT2D eigenvalue weighted by Gasteiger charge is 2.51. The molecule has 2 aromatic carbocycles. The number of hydrogen-bond donors (Lipinski definition) is 2. The number of rotatable bonds is 8. The van der Waals surface area contributed by atoms with Gasteiger partial charge in [0.25, 0.3) is 5.91 Å². The molecule has 1 heterocycles. The van der Waals surface area contributed by atoms with Crippen molar-refractivity contribution in [3.05, 3.63) is 82.6 Å². The Kier molecular flexibility index (Phi) is 7.38. The van der Waals surface area contributed by atoms with Gasteiger partial charge in [-0.05, 0) is 72.4 Å². The molecular formula is C30H35ClN4O2. The lowest BCUT2D eigenvalue weighted by Crippen LogP contribution is -2.50. The molecule has 0 unspecified atom stereocenters. The van der Waals surface area contributed by atoms with Gasteiger partial charge in [-0.15, -0.1) is 0 Å². The minimum atomic E-state index is -0.812. The average Bonchev–Trinajstić information content (AvgIpc) is 3.50. The van der Waals surface area contributed by atoms with Crippen molar-refractivity contribution in [1.82, 2.24) is 15.1 Å². The Bertz CT molecular complexity index is 1260. The van der Waals surface area contributed by atoms with Crippen LogP contribution in [0, 0.1) is 5.41 Å². The van der Waals surface area contributed by atoms with E-state index in [0.717, 1.165) is 24.1 Å². The zero-order valence-electron chi connectivity index (χ0n) is 21.5. The molecule has 2 amide bonds. The van der Waals surface area contributed by atoms with Crippen LogP contribution < -0.4 is 10.6 Å². The van der Waals surface area contributed by atoms with Gasteiger partial charge < -0.3 is 10.6 Å². The first kappa shape index (κ1) is 25.5. The maximum absolute atomic E-state index is 13.9. The quantitative estimate of drug-likeness (QED) is 0.360. The van der Waals surface area contributed by atoms with Crippen LogP contribution in [-0.4, -0.2) is 27.6 Å². The van der Waals surface area contributed by atoms with E-state index in [2.05, 4.69) is 34.8 Å². The molecule has 0 radical (unpaired) electrons. The summed E-state index contributed by atoms with van der Waals surface area (Å²) in [5, 5.41) is 10.9. The number of benzene rings is 2. The highest BCUT2D eigenvalue weighted by molar-refractivity contribution is 6.31. The number of carbonyl (C=O) groups excluding carboxylic acids is 2. The number of hydrogen-bond acceptors (Lipinski definition) is 3. The lowest BCUT2D eigenvalue weighted by atomic mass is 9.78. The molecule has 6 nitrogen and oxygen atoms in total. The highest BCUT2D eigenvalue weighted by atomic mass is 35.5. The number of nitrogens with one attached hydrogen (secondary N) is 2. The fraction of sp³-hybridized carbons (Fsp3) is 0.433. The monoisotopic (exact) mass is 518 g/mol. The van der Waals surface area contributed by atoms with Gasteiger partial charge in [-0.25, -0.2) is 0 Å². The zero-order chi connectivity index (χ0) is 26.0. The van der Waals surface area contributed by atoms with Crippen LogP contribution in [0.25, 0.3) is 0 Å². The molecule has 0 aliphatic heterocycles. The van der Waals surface area contributed by atoms with E-state index in [1.165, 1.54) is 42.3 Å². The van der Waals surface area contributed by atoms with Crippen molar-refractivity contribution < 1.29 is 9.59 Å². The predicted molar refractivity (Wildman–Crippen MR) is 147 cm³/mol. The summed E-state index contributed by atoms with van der Waals surface area (Å²) in [4.78, 5) is 27.2.